The van der Waals surface area contributed by atoms with Crippen LogP contribution in [-0.2, 0) is 92.1 Å². The number of halogens is 4. The molecule has 1 amide bonds. The van der Waals surface area contributed by atoms with Crippen LogP contribution in [-0.4, -0.2) is 201 Å². The van der Waals surface area contributed by atoms with Crippen molar-refractivity contribution in [2.75, 3.05) is 117 Å². The number of rotatable bonds is 41. The second-order valence-electron chi connectivity index (χ2n) is 17.8. The van der Waals surface area contributed by atoms with Gasteiger partial charge in [-0.2, -0.15) is 15.1 Å². The maximum absolute atomic E-state index is 13.6. The first-order valence-corrected chi connectivity index (χ1v) is 29.7. The van der Waals surface area contributed by atoms with E-state index in [0.717, 1.165) is 15.8 Å². The Kier molecular flexibility index (Phi) is 28.0. The van der Waals surface area contributed by atoms with E-state index in [4.69, 9.17) is 68.5 Å². The smallest absolute Gasteiger partial charge is 0.340 e. The van der Waals surface area contributed by atoms with E-state index in [2.05, 4.69) is 40.7 Å². The predicted octanol–water partition coefficient (Wildman–Crippen LogP) is 2.39. The first-order chi connectivity index (χ1) is 39.9. The number of benzene rings is 2. The van der Waals surface area contributed by atoms with Crippen molar-refractivity contribution in [3.05, 3.63) is 88.3 Å². The van der Waals surface area contributed by atoms with Crippen LogP contribution < -0.4 is 15.4 Å². The Morgan fingerprint density at radius 1 is 0.735 bits per heavy atom. The molecule has 2 aromatic carbocycles. The van der Waals surface area contributed by atoms with Crippen molar-refractivity contribution >= 4 is 55.5 Å². The van der Waals surface area contributed by atoms with Crippen LogP contribution >= 0.6 is 26.8 Å². The summed E-state index contributed by atoms with van der Waals surface area (Å²) >= 11 is 6.28. The monoisotopic (exact) mass is 1240 g/mol. The highest BCUT2D eigenvalue weighted by molar-refractivity contribution is 7.70. The molecule has 0 radical (unpaired) electrons. The van der Waals surface area contributed by atoms with Crippen molar-refractivity contribution in [1.29, 1.82) is 0 Å². The fourth-order valence-corrected chi connectivity index (χ4v) is 10.2. The Morgan fingerprint density at radius 3 is 1.92 bits per heavy atom. The maximum Gasteiger partial charge on any atom is 0.340 e. The third kappa shape index (κ3) is 23.7. The summed E-state index contributed by atoms with van der Waals surface area (Å²) in [6.07, 6.45) is -3.07. The summed E-state index contributed by atoms with van der Waals surface area (Å²) in [6, 6.07) is 8.19. The second-order valence-corrected chi connectivity index (χ2v) is 22.2. The molecule has 3 aromatic heterocycles. The number of aliphatic hydroxyl groups excluding tert-OH is 2. The van der Waals surface area contributed by atoms with Gasteiger partial charge in [0.15, 0.2) is 29.4 Å². The van der Waals surface area contributed by atoms with E-state index in [-0.39, 0.29) is 88.2 Å². The number of hydrogen-bond donors (Lipinski definition) is 7. The van der Waals surface area contributed by atoms with Crippen molar-refractivity contribution in [3.8, 4) is 5.75 Å². The van der Waals surface area contributed by atoms with Crippen molar-refractivity contribution in [1.82, 2.24) is 40.1 Å². The van der Waals surface area contributed by atoms with Gasteiger partial charge >= 0.3 is 21.2 Å². The van der Waals surface area contributed by atoms with Crippen molar-refractivity contribution in [3.63, 3.8) is 0 Å². The molecule has 1 fully saturated rings. The molecule has 35 heteroatoms. The van der Waals surface area contributed by atoms with Crippen LogP contribution in [0.1, 0.15) is 35.9 Å². The van der Waals surface area contributed by atoms with E-state index in [9.17, 15) is 47.0 Å². The summed E-state index contributed by atoms with van der Waals surface area (Å²) in [5, 5.41) is 40.0. The number of aromatic nitrogens is 7. The molecule has 83 heavy (non-hydrogen) atoms. The van der Waals surface area contributed by atoms with Gasteiger partial charge in [0.25, 0.3) is 0 Å². The number of ether oxygens (including phenoxy) is 10. The lowest BCUT2D eigenvalue weighted by Crippen LogP contribution is -2.33. The van der Waals surface area contributed by atoms with Crippen molar-refractivity contribution in [2.24, 2.45) is 0 Å². The summed E-state index contributed by atoms with van der Waals surface area (Å²) < 4.78 is 125. The first kappa shape index (κ1) is 66.9. The zero-order valence-corrected chi connectivity index (χ0v) is 47.1. The molecule has 29 nitrogen and oxygen atoms in total. The third-order valence-electron chi connectivity index (χ3n) is 11.5. The molecule has 1 aliphatic rings. The Balaban J connectivity index is 0.723. The first-order valence-electron chi connectivity index (χ1n) is 25.7. The number of nitrogens with zero attached hydrogens (tertiary/aromatic N) is 7. The van der Waals surface area contributed by atoms with Crippen LogP contribution in [0, 0.1) is 17.5 Å². The number of hydrogen-bond acceptors (Lipinski definition) is 23. The van der Waals surface area contributed by atoms with Gasteiger partial charge in [-0.25, -0.2) is 22.5 Å². The highest BCUT2D eigenvalue weighted by Crippen LogP contribution is 2.55. The van der Waals surface area contributed by atoms with E-state index in [1.807, 2.05) is 24.3 Å². The molecule has 5 aromatic rings. The van der Waals surface area contributed by atoms with Gasteiger partial charge in [-0.3, -0.25) is 18.7 Å². The number of esters is 1. The van der Waals surface area contributed by atoms with Crippen LogP contribution in [0.5, 0.6) is 5.75 Å². The molecule has 0 saturated carbocycles. The van der Waals surface area contributed by atoms with Gasteiger partial charge < -0.3 is 87.4 Å². The number of amides is 1. The molecule has 5 atom stereocenters. The fourth-order valence-electron chi connectivity index (χ4n) is 7.50. The minimum Gasteiger partial charge on any atom is -0.420 e. The Bertz CT molecular complexity index is 2890. The second kappa shape index (κ2) is 34.7. The minimum atomic E-state index is -4.91. The molecule has 1 aliphatic heterocycles. The Labute approximate surface area is 477 Å². The van der Waals surface area contributed by atoms with E-state index in [1.165, 1.54) is 6.20 Å². The van der Waals surface area contributed by atoms with E-state index >= 15 is 0 Å². The van der Waals surface area contributed by atoms with Crippen molar-refractivity contribution < 1.29 is 109 Å². The van der Waals surface area contributed by atoms with Gasteiger partial charge in [-0.05, 0) is 22.7 Å². The number of nitrogens with one attached hydrogen (secondary N) is 2. The zero-order chi connectivity index (χ0) is 59.6. The molecule has 1 unspecified atom stereocenters. The molecule has 1 saturated heterocycles. The van der Waals surface area contributed by atoms with Gasteiger partial charge in [0, 0.05) is 31.6 Å². The average molecular weight is 1240 g/mol. The van der Waals surface area contributed by atoms with Gasteiger partial charge in [-0.15, -0.1) is 5.10 Å². The van der Waals surface area contributed by atoms with E-state index < -0.39 is 81.4 Å². The molecule has 6 rings (SSSR count). The van der Waals surface area contributed by atoms with Gasteiger partial charge in [0.1, 0.15) is 35.6 Å². The third-order valence-corrected chi connectivity index (χ3v) is 15.1. The van der Waals surface area contributed by atoms with Gasteiger partial charge in [0.2, 0.25) is 16.9 Å². The molecule has 0 aliphatic carbocycles. The Hall–Kier alpha value is -5.19. The number of anilines is 1. The van der Waals surface area contributed by atoms with E-state index in [1.54, 1.807) is 10.9 Å². The molecule has 7 N–H and O–H groups in total. The minimum absolute atomic E-state index is 0.0662. The normalized spacial score (nSPS) is 17.1. The van der Waals surface area contributed by atoms with Crippen LogP contribution in [0.25, 0.3) is 11.0 Å². The average Bonchev–Trinajstić information content (AvgIpc) is 2.53. The van der Waals surface area contributed by atoms with E-state index in [0.29, 0.717) is 95.8 Å². The fraction of sp³-hybridized carbons (Fsp3) is 0.562. The zero-order valence-electron chi connectivity index (χ0n) is 44.6. The summed E-state index contributed by atoms with van der Waals surface area (Å²) in [5.41, 5.74) is 2.37. The number of carbonyl (C=O) groups is 2. The van der Waals surface area contributed by atoms with Gasteiger partial charge in [-0.1, -0.05) is 29.5 Å². The van der Waals surface area contributed by atoms with Crippen LogP contribution in [0.2, 0.25) is 5.28 Å². The Morgan fingerprint density at radius 2 is 1.30 bits per heavy atom. The molecular formula is C48H65ClF3N9O20P2. The van der Waals surface area contributed by atoms with Crippen LogP contribution in [0.4, 0.5) is 19.0 Å². The van der Waals surface area contributed by atoms with Crippen LogP contribution in [0.3, 0.4) is 0 Å². The molecule has 0 bridgehead atoms. The highest BCUT2D eigenvalue weighted by Gasteiger charge is 2.46. The van der Waals surface area contributed by atoms with Crippen molar-refractivity contribution in [2.45, 2.75) is 63.6 Å². The van der Waals surface area contributed by atoms with Crippen LogP contribution in [0.15, 0.2) is 48.8 Å². The summed E-state index contributed by atoms with van der Waals surface area (Å²) in [7, 11) is -9.68. The van der Waals surface area contributed by atoms with Gasteiger partial charge in [0.05, 0.1) is 143 Å². The molecule has 4 heterocycles. The molecule has 460 valence electrons. The number of aliphatic hydroxyl groups is 2. The standard InChI is InChI=1S/C48H65ClF3N9O20P2/c49-48-56-45(36-27-55-61(46(36)57-48)47-43(65)42(64)39(80-47)30-79-83(69,70)31-82(66,67)68)54-26-33-4-2-1-3-32(33)25-53-40(62)5-8-71-11-14-74-19-20-77-21-22-78-29-35-28-60(59-58-35)7-10-73-13-16-76-18-17-75-15-12-72-9-6-41(63)81-44-37(51)23-34(50)24-38(44)52/h1-4,23-24,27-28,39,42-43,47,64-65H,5-22,25-26,29-31H2,(H,53,62)(H,69,70)(H,54,56,57)(H2,66,67,68)/t39-,42-,43-,47-/m1/s1. The molecule has 0 spiro atoms. The largest absolute Gasteiger partial charge is 0.420 e. The predicted molar refractivity (Wildman–Crippen MR) is 281 cm³/mol. The SMILES string of the molecule is O=C(CCOCCOCCOCCOCc1cn(CCOCCOCCOCCOCCC(=O)Oc2c(F)cc(F)cc2F)nn1)NCc1ccccc1CNc1nc(Cl)nc2c1cnn2[C@@H]1O[C@H](COP(=O)(O)CP(=O)(O)O)[C@@H](O)[C@H]1O. The lowest BCUT2D eigenvalue weighted by Gasteiger charge is -2.18. The lowest BCUT2D eigenvalue weighted by molar-refractivity contribution is -0.136. The number of fused-ring (bicyclic) bond motifs is 1. The molecular weight excluding hydrogens is 1180 g/mol. The summed E-state index contributed by atoms with van der Waals surface area (Å²) in [6.45, 7) is 4.56. The summed E-state index contributed by atoms with van der Waals surface area (Å²) in [4.78, 5) is 60.9. The number of carbonyl (C=O) groups excluding carboxylic acids is 2. The lowest BCUT2D eigenvalue weighted by atomic mass is 10.1. The highest BCUT2D eigenvalue weighted by atomic mass is 35.5. The maximum atomic E-state index is 13.6. The topological polar surface area (TPSA) is 369 Å². The quantitative estimate of drug-likeness (QED) is 0.00971. The summed E-state index contributed by atoms with van der Waals surface area (Å²) in [5.74, 6) is -7.08.